The van der Waals surface area contributed by atoms with Crippen LogP contribution in [0.15, 0.2) is 24.3 Å². The Bertz CT molecular complexity index is 475. The molecule has 0 saturated carbocycles. The van der Waals surface area contributed by atoms with Crippen molar-refractivity contribution >= 4 is 24.6 Å². The number of hydrogen-bond donors (Lipinski definition) is 0. The lowest BCUT2D eigenvalue weighted by Gasteiger charge is -2.10. The quantitative estimate of drug-likeness (QED) is 0.410. The number of ether oxygens (including phenoxy) is 1. The lowest BCUT2D eigenvalue weighted by atomic mass is 10.0. The monoisotopic (exact) mass is 249 g/mol. The Hall–Kier alpha value is -2.50. The number of nitrogens with zero attached hydrogens (tertiary/aromatic N) is 1. The average molecular weight is 249 g/mol. The summed E-state index contributed by atoms with van der Waals surface area (Å²) in [5, 5.41) is 0. The van der Waals surface area contributed by atoms with Crippen molar-refractivity contribution in [3.8, 4) is 0 Å². The highest BCUT2D eigenvalue weighted by Crippen LogP contribution is 2.11. The van der Waals surface area contributed by atoms with Crippen molar-refractivity contribution in [1.82, 2.24) is 4.90 Å². The van der Waals surface area contributed by atoms with Crippen LogP contribution in [0.5, 0.6) is 0 Å². The van der Waals surface area contributed by atoms with E-state index >= 15 is 0 Å². The molecule has 0 fully saturated rings. The number of hydrogen-bond acceptors (Lipinski definition) is 5. The third-order valence-corrected chi connectivity index (χ3v) is 2.23. The number of imide groups is 1. The molecule has 0 unspecified atom stereocenters. The molecular formula is C12H11NO5. The number of esters is 1. The normalized spacial score (nSPS) is 9.39. The summed E-state index contributed by atoms with van der Waals surface area (Å²) in [6, 6.07) is 6.03. The molecule has 0 aromatic heterocycles. The minimum Gasteiger partial charge on any atom is -0.465 e. The third kappa shape index (κ3) is 3.00. The molecule has 0 bridgehead atoms. The molecule has 0 aliphatic heterocycles. The summed E-state index contributed by atoms with van der Waals surface area (Å²) in [7, 11) is 1.20. The molecule has 18 heavy (non-hydrogen) atoms. The van der Waals surface area contributed by atoms with Crippen molar-refractivity contribution in [3.05, 3.63) is 35.4 Å². The molecule has 0 radical (unpaired) electrons. The van der Waals surface area contributed by atoms with Gasteiger partial charge in [-0.25, -0.2) is 4.79 Å². The third-order valence-electron chi connectivity index (χ3n) is 2.23. The number of amides is 2. The standard InChI is InChI=1S/C12H11NO5/c1-18-12(17)10-5-3-2-4-9(10)11(16)6-13(7-14)8-15/h2-5,7-8H,6H2,1H3. The average Bonchev–Trinajstić information content (AvgIpc) is 2.43. The molecule has 6 nitrogen and oxygen atoms in total. The largest absolute Gasteiger partial charge is 0.465 e. The molecule has 0 saturated heterocycles. The molecule has 0 N–H and O–H groups in total. The Morgan fingerprint density at radius 2 is 1.72 bits per heavy atom. The van der Waals surface area contributed by atoms with E-state index in [0.29, 0.717) is 4.90 Å². The maximum absolute atomic E-state index is 11.8. The Balaban J connectivity index is 3.02. The van der Waals surface area contributed by atoms with Crippen LogP contribution >= 0.6 is 0 Å². The first-order valence-electron chi connectivity index (χ1n) is 5.01. The summed E-state index contributed by atoms with van der Waals surface area (Å²) in [4.78, 5) is 44.8. The fourth-order valence-electron chi connectivity index (χ4n) is 1.36. The van der Waals surface area contributed by atoms with Gasteiger partial charge in [-0.05, 0) is 6.07 Å². The summed E-state index contributed by atoms with van der Waals surface area (Å²) in [5.74, 6) is -1.17. The van der Waals surface area contributed by atoms with Gasteiger partial charge in [0.15, 0.2) is 5.78 Å². The molecule has 6 heteroatoms. The second-order valence-corrected chi connectivity index (χ2v) is 3.34. The first-order valence-corrected chi connectivity index (χ1v) is 5.01. The fraction of sp³-hybridized carbons (Fsp3) is 0.167. The van der Waals surface area contributed by atoms with Gasteiger partial charge in [-0.3, -0.25) is 19.3 Å². The zero-order valence-corrected chi connectivity index (χ0v) is 9.66. The van der Waals surface area contributed by atoms with E-state index in [1.165, 1.54) is 19.2 Å². The molecule has 0 aliphatic rings. The van der Waals surface area contributed by atoms with Crippen LogP contribution in [0.1, 0.15) is 20.7 Å². The van der Waals surface area contributed by atoms with Crippen molar-refractivity contribution in [1.29, 1.82) is 0 Å². The lowest BCUT2D eigenvalue weighted by Crippen LogP contribution is -2.28. The van der Waals surface area contributed by atoms with E-state index in [1.54, 1.807) is 12.1 Å². The maximum Gasteiger partial charge on any atom is 0.338 e. The summed E-state index contributed by atoms with van der Waals surface area (Å²) in [6.07, 6.45) is 0.483. The van der Waals surface area contributed by atoms with Gasteiger partial charge in [0.25, 0.3) is 0 Å². The molecular weight excluding hydrogens is 238 g/mol. The highest BCUT2D eigenvalue weighted by Gasteiger charge is 2.18. The predicted octanol–water partition coefficient (Wildman–Crippen LogP) is 0.271. The summed E-state index contributed by atoms with van der Waals surface area (Å²) < 4.78 is 4.54. The smallest absolute Gasteiger partial charge is 0.338 e. The van der Waals surface area contributed by atoms with E-state index in [1.807, 2.05) is 0 Å². The number of carbonyl (C=O) groups excluding carboxylic acids is 4. The maximum atomic E-state index is 11.8. The van der Waals surface area contributed by atoms with Crippen molar-refractivity contribution in [2.45, 2.75) is 0 Å². The van der Waals surface area contributed by atoms with Crippen LogP contribution in [0.2, 0.25) is 0 Å². The van der Waals surface area contributed by atoms with Gasteiger partial charge in [-0.15, -0.1) is 0 Å². The molecule has 2 amide bonds. The van der Waals surface area contributed by atoms with Gasteiger partial charge < -0.3 is 4.74 Å². The van der Waals surface area contributed by atoms with Crippen LogP contribution in [0.3, 0.4) is 0 Å². The second kappa shape index (κ2) is 6.29. The van der Waals surface area contributed by atoms with Crippen LogP contribution in [0.4, 0.5) is 0 Å². The molecule has 0 heterocycles. The minimum atomic E-state index is -0.650. The van der Waals surface area contributed by atoms with Crippen LogP contribution in [0.25, 0.3) is 0 Å². The molecule has 1 rings (SSSR count). The first kappa shape index (κ1) is 13.6. The predicted molar refractivity (Wildman–Crippen MR) is 60.9 cm³/mol. The van der Waals surface area contributed by atoms with E-state index in [9.17, 15) is 19.2 Å². The summed E-state index contributed by atoms with van der Waals surface area (Å²) >= 11 is 0. The van der Waals surface area contributed by atoms with Crippen molar-refractivity contribution in [2.24, 2.45) is 0 Å². The SMILES string of the molecule is COC(=O)c1ccccc1C(=O)CN(C=O)C=O. The number of carbonyl (C=O) groups is 4. The van der Waals surface area contributed by atoms with Gasteiger partial charge in [0.1, 0.15) is 0 Å². The molecule has 0 atom stereocenters. The van der Waals surface area contributed by atoms with Gasteiger partial charge in [0, 0.05) is 5.56 Å². The number of ketones is 1. The number of Topliss-reactive ketones (excluding diaryl/α,β-unsaturated/α-hetero) is 1. The molecule has 0 spiro atoms. The van der Waals surface area contributed by atoms with Gasteiger partial charge >= 0.3 is 5.97 Å². The fourth-order valence-corrected chi connectivity index (χ4v) is 1.36. The molecule has 1 aromatic rings. The Labute approximate surface area is 103 Å². The Morgan fingerprint density at radius 1 is 1.17 bits per heavy atom. The van der Waals surface area contributed by atoms with Gasteiger partial charge in [-0.2, -0.15) is 0 Å². The lowest BCUT2D eigenvalue weighted by molar-refractivity contribution is -0.128. The second-order valence-electron chi connectivity index (χ2n) is 3.34. The highest BCUT2D eigenvalue weighted by atomic mass is 16.5. The minimum absolute atomic E-state index is 0.0988. The Morgan fingerprint density at radius 3 is 2.22 bits per heavy atom. The highest BCUT2D eigenvalue weighted by molar-refractivity contribution is 6.08. The first-order chi connectivity index (χ1) is 8.63. The van der Waals surface area contributed by atoms with Gasteiger partial charge in [0.2, 0.25) is 12.8 Å². The summed E-state index contributed by atoms with van der Waals surface area (Å²) in [5.41, 5.74) is 0.208. The van der Waals surface area contributed by atoms with Crippen molar-refractivity contribution in [3.63, 3.8) is 0 Å². The van der Waals surface area contributed by atoms with E-state index in [-0.39, 0.29) is 23.9 Å². The topological polar surface area (TPSA) is 80.8 Å². The van der Waals surface area contributed by atoms with Crippen molar-refractivity contribution in [2.75, 3.05) is 13.7 Å². The van der Waals surface area contributed by atoms with Crippen LogP contribution in [0, 0.1) is 0 Å². The van der Waals surface area contributed by atoms with E-state index in [0.717, 1.165) is 0 Å². The van der Waals surface area contributed by atoms with Gasteiger partial charge in [-0.1, -0.05) is 18.2 Å². The number of methoxy groups -OCH3 is 1. The molecule has 1 aromatic carbocycles. The zero-order valence-electron chi connectivity index (χ0n) is 9.66. The number of rotatable bonds is 6. The van der Waals surface area contributed by atoms with Crippen molar-refractivity contribution < 1.29 is 23.9 Å². The Kier molecular flexibility index (Phi) is 4.74. The van der Waals surface area contributed by atoms with Crippen LogP contribution < -0.4 is 0 Å². The van der Waals surface area contributed by atoms with E-state index < -0.39 is 18.3 Å². The zero-order chi connectivity index (χ0) is 13.5. The van der Waals surface area contributed by atoms with E-state index in [4.69, 9.17) is 0 Å². The van der Waals surface area contributed by atoms with E-state index in [2.05, 4.69) is 4.74 Å². The van der Waals surface area contributed by atoms with Crippen LogP contribution in [-0.4, -0.2) is 43.1 Å². The molecule has 94 valence electrons. The van der Waals surface area contributed by atoms with Crippen LogP contribution in [-0.2, 0) is 14.3 Å². The van der Waals surface area contributed by atoms with Gasteiger partial charge in [0.05, 0.1) is 19.2 Å². The molecule has 0 aliphatic carbocycles. The summed E-state index contributed by atoms with van der Waals surface area (Å²) in [6.45, 7) is -0.416. The number of benzene rings is 1.